The van der Waals surface area contributed by atoms with E-state index in [4.69, 9.17) is 9.47 Å². The largest absolute Gasteiger partial charge is 0.379 e. The minimum Gasteiger partial charge on any atom is -0.379 e. The van der Waals surface area contributed by atoms with Gasteiger partial charge in [-0.3, -0.25) is 0 Å². The molecule has 1 atom stereocenters. The van der Waals surface area contributed by atoms with Crippen LogP contribution in [0.1, 0.15) is 12.0 Å². The molecular weight excluding hydrogens is 316 g/mol. The van der Waals surface area contributed by atoms with E-state index in [1.54, 1.807) is 4.31 Å². The number of aryl methyl sites for hydroxylation is 1. The molecule has 23 heavy (non-hydrogen) atoms. The highest BCUT2D eigenvalue weighted by Gasteiger charge is 2.34. The second kappa shape index (κ2) is 7.72. The van der Waals surface area contributed by atoms with E-state index >= 15 is 0 Å². The molecule has 2 heterocycles. The fourth-order valence-corrected chi connectivity index (χ4v) is 4.59. The first-order valence-electron chi connectivity index (χ1n) is 8.15. The first-order valence-corrected chi connectivity index (χ1v) is 9.54. The molecule has 1 aromatic carbocycles. The Hall–Kier alpha value is -0.990. The molecule has 0 saturated carbocycles. The zero-order chi connectivity index (χ0) is 16.1. The summed E-state index contributed by atoms with van der Waals surface area (Å²) in [5, 5.41) is 0. The van der Waals surface area contributed by atoms with Gasteiger partial charge in [-0.1, -0.05) is 30.3 Å². The number of hydrogen-bond acceptors (Lipinski definition) is 4. The molecule has 0 spiro atoms. The summed E-state index contributed by atoms with van der Waals surface area (Å²) < 4.78 is 39.5. The van der Waals surface area contributed by atoms with E-state index in [1.807, 2.05) is 18.2 Å². The van der Waals surface area contributed by atoms with E-state index in [0.717, 1.165) is 12.8 Å². The Balaban J connectivity index is 1.57. The van der Waals surface area contributed by atoms with Gasteiger partial charge in [0.25, 0.3) is 10.2 Å². The maximum absolute atomic E-state index is 12.7. The first kappa shape index (κ1) is 16.9. The molecule has 1 aromatic rings. The van der Waals surface area contributed by atoms with Gasteiger partial charge in [0.05, 0.1) is 25.9 Å². The quantitative estimate of drug-likeness (QED) is 0.799. The SMILES string of the molecule is O=S(=O)(N1CCOCC1)N1CCOC(CCc2ccccc2)C1. The smallest absolute Gasteiger partial charge is 0.282 e. The summed E-state index contributed by atoms with van der Waals surface area (Å²) in [6.07, 6.45) is 1.69. The average Bonchev–Trinajstić information content (AvgIpc) is 2.62. The number of ether oxygens (including phenoxy) is 2. The van der Waals surface area contributed by atoms with E-state index in [2.05, 4.69) is 12.1 Å². The van der Waals surface area contributed by atoms with Crippen LogP contribution >= 0.6 is 0 Å². The molecular formula is C16H24N2O4S. The van der Waals surface area contributed by atoms with Crippen LogP contribution in [0.2, 0.25) is 0 Å². The van der Waals surface area contributed by atoms with Gasteiger partial charge in [0.15, 0.2) is 0 Å². The topological polar surface area (TPSA) is 59.1 Å². The molecule has 6 nitrogen and oxygen atoms in total. The molecule has 2 aliphatic heterocycles. The molecule has 0 N–H and O–H groups in total. The van der Waals surface area contributed by atoms with Crippen molar-refractivity contribution in [3.8, 4) is 0 Å². The highest BCUT2D eigenvalue weighted by Crippen LogP contribution is 2.18. The van der Waals surface area contributed by atoms with Gasteiger partial charge in [-0.25, -0.2) is 0 Å². The van der Waals surface area contributed by atoms with Crippen LogP contribution in [0.3, 0.4) is 0 Å². The molecule has 3 rings (SSSR count). The van der Waals surface area contributed by atoms with E-state index < -0.39 is 10.2 Å². The van der Waals surface area contributed by atoms with E-state index in [0.29, 0.717) is 46.0 Å². The molecule has 1 unspecified atom stereocenters. The zero-order valence-electron chi connectivity index (χ0n) is 13.3. The lowest BCUT2D eigenvalue weighted by molar-refractivity contribution is -0.00866. The predicted octanol–water partition coefficient (Wildman–Crippen LogP) is 0.897. The number of benzene rings is 1. The number of morpholine rings is 2. The highest BCUT2D eigenvalue weighted by molar-refractivity contribution is 7.86. The third kappa shape index (κ3) is 4.30. The molecule has 2 fully saturated rings. The van der Waals surface area contributed by atoms with Crippen LogP contribution in [0.4, 0.5) is 0 Å². The first-order chi connectivity index (χ1) is 11.2. The summed E-state index contributed by atoms with van der Waals surface area (Å²) in [4.78, 5) is 0. The van der Waals surface area contributed by atoms with Crippen molar-refractivity contribution in [2.75, 3.05) is 46.0 Å². The predicted molar refractivity (Wildman–Crippen MR) is 87.4 cm³/mol. The van der Waals surface area contributed by atoms with Gasteiger partial charge < -0.3 is 9.47 Å². The monoisotopic (exact) mass is 340 g/mol. The highest BCUT2D eigenvalue weighted by atomic mass is 32.2. The molecule has 0 bridgehead atoms. The third-order valence-electron chi connectivity index (χ3n) is 4.32. The maximum Gasteiger partial charge on any atom is 0.282 e. The molecule has 0 radical (unpaired) electrons. The lowest BCUT2D eigenvalue weighted by Crippen LogP contribution is -2.53. The average molecular weight is 340 g/mol. The Morgan fingerprint density at radius 2 is 1.70 bits per heavy atom. The molecule has 0 amide bonds. The lowest BCUT2D eigenvalue weighted by Gasteiger charge is -2.36. The second-order valence-corrected chi connectivity index (χ2v) is 7.82. The van der Waals surface area contributed by atoms with Crippen molar-refractivity contribution in [2.45, 2.75) is 18.9 Å². The number of hydrogen-bond donors (Lipinski definition) is 0. The van der Waals surface area contributed by atoms with Crippen molar-refractivity contribution >= 4 is 10.2 Å². The number of rotatable bonds is 5. The van der Waals surface area contributed by atoms with Gasteiger partial charge in [-0.15, -0.1) is 0 Å². The third-order valence-corrected chi connectivity index (χ3v) is 6.32. The van der Waals surface area contributed by atoms with Crippen LogP contribution in [-0.4, -0.2) is 69.1 Å². The van der Waals surface area contributed by atoms with Crippen LogP contribution in [-0.2, 0) is 26.1 Å². The standard InChI is InChI=1S/C16H24N2O4S/c19-23(20,17-8-11-21-12-9-17)18-10-13-22-16(14-18)7-6-15-4-2-1-3-5-15/h1-5,16H,6-14H2. The Morgan fingerprint density at radius 1 is 1.00 bits per heavy atom. The van der Waals surface area contributed by atoms with Gasteiger partial charge in [-0.05, 0) is 18.4 Å². The summed E-state index contributed by atoms with van der Waals surface area (Å²) in [5.41, 5.74) is 1.25. The summed E-state index contributed by atoms with van der Waals surface area (Å²) in [6.45, 7) is 3.15. The van der Waals surface area contributed by atoms with Crippen molar-refractivity contribution in [3.63, 3.8) is 0 Å². The summed E-state index contributed by atoms with van der Waals surface area (Å²) >= 11 is 0. The van der Waals surface area contributed by atoms with Crippen LogP contribution in [0, 0.1) is 0 Å². The van der Waals surface area contributed by atoms with E-state index in [-0.39, 0.29) is 6.10 Å². The van der Waals surface area contributed by atoms with Crippen molar-refractivity contribution in [3.05, 3.63) is 35.9 Å². The number of nitrogens with zero attached hydrogens (tertiary/aromatic N) is 2. The summed E-state index contributed by atoms with van der Waals surface area (Å²) in [6, 6.07) is 10.2. The van der Waals surface area contributed by atoms with E-state index in [1.165, 1.54) is 9.87 Å². The Bertz CT molecular complexity index is 587. The van der Waals surface area contributed by atoms with Crippen LogP contribution in [0.25, 0.3) is 0 Å². The Labute approximate surface area is 138 Å². The fraction of sp³-hybridized carbons (Fsp3) is 0.625. The van der Waals surface area contributed by atoms with Gasteiger partial charge in [0.2, 0.25) is 0 Å². The molecule has 0 aromatic heterocycles. The van der Waals surface area contributed by atoms with Crippen molar-refractivity contribution in [2.24, 2.45) is 0 Å². The molecule has 7 heteroatoms. The Kier molecular flexibility index (Phi) is 5.66. The van der Waals surface area contributed by atoms with Crippen LogP contribution < -0.4 is 0 Å². The zero-order valence-corrected chi connectivity index (χ0v) is 14.1. The second-order valence-electron chi connectivity index (χ2n) is 5.89. The van der Waals surface area contributed by atoms with Crippen molar-refractivity contribution < 1.29 is 17.9 Å². The van der Waals surface area contributed by atoms with Crippen LogP contribution in [0.15, 0.2) is 30.3 Å². The van der Waals surface area contributed by atoms with E-state index in [9.17, 15) is 8.42 Å². The van der Waals surface area contributed by atoms with Gasteiger partial charge in [0.1, 0.15) is 0 Å². The summed E-state index contributed by atoms with van der Waals surface area (Å²) in [7, 11) is -3.39. The molecule has 0 aliphatic carbocycles. The van der Waals surface area contributed by atoms with Crippen molar-refractivity contribution in [1.82, 2.24) is 8.61 Å². The lowest BCUT2D eigenvalue weighted by atomic mass is 10.1. The summed E-state index contributed by atoms with van der Waals surface area (Å²) in [5.74, 6) is 0. The molecule has 2 saturated heterocycles. The maximum atomic E-state index is 12.7. The minimum absolute atomic E-state index is 0.0419. The fourth-order valence-electron chi connectivity index (χ4n) is 2.99. The van der Waals surface area contributed by atoms with Crippen molar-refractivity contribution in [1.29, 1.82) is 0 Å². The normalized spacial score (nSPS) is 24.6. The molecule has 128 valence electrons. The van der Waals surface area contributed by atoms with Crippen LogP contribution in [0.5, 0.6) is 0 Å². The minimum atomic E-state index is -3.39. The molecule has 2 aliphatic rings. The van der Waals surface area contributed by atoms with Gasteiger partial charge >= 0.3 is 0 Å². The van der Waals surface area contributed by atoms with Gasteiger partial charge in [0, 0.05) is 26.2 Å². The Morgan fingerprint density at radius 3 is 2.43 bits per heavy atom. The van der Waals surface area contributed by atoms with Gasteiger partial charge in [-0.2, -0.15) is 17.0 Å².